The van der Waals surface area contributed by atoms with Crippen LogP contribution in [0.3, 0.4) is 0 Å². The van der Waals surface area contributed by atoms with Crippen molar-refractivity contribution in [1.29, 1.82) is 0 Å². The Hall–Kier alpha value is -1.00. The van der Waals surface area contributed by atoms with Crippen molar-refractivity contribution in [3.05, 3.63) is 35.2 Å². The van der Waals surface area contributed by atoms with Crippen LogP contribution in [0.25, 0.3) is 6.08 Å². The van der Waals surface area contributed by atoms with Crippen LogP contribution >= 0.6 is 10.7 Å². The fourth-order valence-corrected chi connectivity index (χ4v) is 1.42. The van der Waals surface area contributed by atoms with Crippen LogP contribution < -0.4 is 4.74 Å². The number of benzene rings is 1. The van der Waals surface area contributed by atoms with E-state index in [4.69, 9.17) is 15.4 Å². The van der Waals surface area contributed by atoms with Gasteiger partial charge in [0.1, 0.15) is 5.75 Å². The molecule has 0 saturated carbocycles. The Kier molecular flexibility index (Phi) is 3.55. The highest BCUT2D eigenvalue weighted by Gasteiger charge is 2.00. The maximum atomic E-state index is 10.6. The van der Waals surface area contributed by atoms with Gasteiger partial charge in [0, 0.05) is 21.7 Å². The number of hydrogen-bond acceptors (Lipinski definition) is 3. The van der Waals surface area contributed by atoms with E-state index in [-0.39, 0.29) is 0 Å². The summed E-state index contributed by atoms with van der Waals surface area (Å²) in [5, 5.41) is 0.923. The van der Waals surface area contributed by atoms with E-state index in [2.05, 4.69) is 0 Å². The summed E-state index contributed by atoms with van der Waals surface area (Å²) >= 11 is 0. The zero-order valence-corrected chi connectivity index (χ0v) is 9.05. The van der Waals surface area contributed by atoms with E-state index in [0.29, 0.717) is 11.3 Å². The molecule has 0 aliphatic heterocycles. The number of halogens is 1. The monoisotopic (exact) mass is 232 g/mol. The first-order valence-electron chi connectivity index (χ1n) is 3.79. The topological polar surface area (TPSA) is 43.4 Å². The molecule has 0 radical (unpaired) electrons. The van der Waals surface area contributed by atoms with Gasteiger partial charge in [0.15, 0.2) is 0 Å². The van der Waals surface area contributed by atoms with E-state index >= 15 is 0 Å². The van der Waals surface area contributed by atoms with Crippen molar-refractivity contribution < 1.29 is 13.2 Å². The summed E-state index contributed by atoms with van der Waals surface area (Å²) in [6.45, 7) is 0. The predicted molar refractivity (Wildman–Crippen MR) is 56.8 cm³/mol. The van der Waals surface area contributed by atoms with Gasteiger partial charge in [-0.05, 0) is 12.1 Å². The fraction of sp³-hybridized carbons (Fsp3) is 0.111. The molecule has 0 saturated heterocycles. The first-order chi connectivity index (χ1) is 6.53. The molecule has 1 aromatic carbocycles. The van der Waals surface area contributed by atoms with Crippen LogP contribution in [0, 0.1) is 0 Å². The highest BCUT2D eigenvalue weighted by atomic mass is 35.7. The van der Waals surface area contributed by atoms with E-state index in [1.807, 2.05) is 0 Å². The van der Waals surface area contributed by atoms with Gasteiger partial charge in [-0.15, -0.1) is 0 Å². The first kappa shape index (κ1) is 11.1. The van der Waals surface area contributed by atoms with Crippen molar-refractivity contribution in [2.45, 2.75) is 0 Å². The van der Waals surface area contributed by atoms with Crippen LogP contribution in [-0.4, -0.2) is 15.5 Å². The maximum Gasteiger partial charge on any atom is 0.254 e. The zero-order chi connectivity index (χ0) is 10.6. The Labute approximate surface area is 87.4 Å². The Morgan fingerprint density at radius 1 is 1.36 bits per heavy atom. The van der Waals surface area contributed by atoms with Gasteiger partial charge in [-0.3, -0.25) is 0 Å². The lowest BCUT2D eigenvalue weighted by molar-refractivity contribution is 0.414. The van der Waals surface area contributed by atoms with E-state index in [0.717, 1.165) is 5.41 Å². The number of ether oxygens (including phenoxy) is 1. The third-order valence-corrected chi connectivity index (χ3v) is 2.32. The minimum absolute atomic E-state index is 0.601. The Bertz CT molecular complexity index is 437. The molecule has 1 aromatic rings. The third kappa shape index (κ3) is 3.40. The fourth-order valence-electron chi connectivity index (χ4n) is 0.959. The number of para-hydroxylation sites is 1. The van der Waals surface area contributed by atoms with Gasteiger partial charge in [-0.25, -0.2) is 8.42 Å². The smallest absolute Gasteiger partial charge is 0.254 e. The van der Waals surface area contributed by atoms with E-state index in [9.17, 15) is 8.42 Å². The molecule has 0 atom stereocenters. The molecule has 0 fully saturated rings. The predicted octanol–water partition coefficient (Wildman–Crippen LogP) is 2.23. The van der Waals surface area contributed by atoms with Crippen LogP contribution in [-0.2, 0) is 9.05 Å². The molecule has 0 aliphatic carbocycles. The van der Waals surface area contributed by atoms with Gasteiger partial charge in [0.2, 0.25) is 0 Å². The lowest BCUT2D eigenvalue weighted by atomic mass is 10.2. The van der Waals surface area contributed by atoms with Crippen LogP contribution in [0.15, 0.2) is 29.7 Å². The van der Waals surface area contributed by atoms with Gasteiger partial charge in [0.25, 0.3) is 9.05 Å². The second-order valence-electron chi connectivity index (χ2n) is 2.52. The van der Waals surface area contributed by atoms with Crippen molar-refractivity contribution in [1.82, 2.24) is 0 Å². The summed E-state index contributed by atoms with van der Waals surface area (Å²) in [5.41, 5.74) is 0.666. The summed E-state index contributed by atoms with van der Waals surface area (Å²) < 4.78 is 26.3. The Morgan fingerprint density at radius 3 is 2.57 bits per heavy atom. The van der Waals surface area contributed by atoms with Crippen LogP contribution in [0.1, 0.15) is 5.56 Å². The van der Waals surface area contributed by atoms with Gasteiger partial charge >= 0.3 is 0 Å². The molecular formula is C9H9ClO3S. The molecule has 0 unspecified atom stereocenters. The van der Waals surface area contributed by atoms with E-state index in [1.54, 1.807) is 24.3 Å². The van der Waals surface area contributed by atoms with Crippen molar-refractivity contribution in [3.8, 4) is 5.75 Å². The van der Waals surface area contributed by atoms with Crippen molar-refractivity contribution >= 4 is 25.8 Å². The number of methoxy groups -OCH3 is 1. The minimum atomic E-state index is -3.61. The first-order valence-corrected chi connectivity index (χ1v) is 6.16. The van der Waals surface area contributed by atoms with Crippen molar-refractivity contribution in [3.63, 3.8) is 0 Å². The second kappa shape index (κ2) is 4.48. The summed E-state index contributed by atoms with van der Waals surface area (Å²) in [6, 6.07) is 7.05. The Morgan fingerprint density at radius 2 is 2.00 bits per heavy atom. The van der Waals surface area contributed by atoms with Crippen LogP contribution in [0.5, 0.6) is 5.75 Å². The largest absolute Gasteiger partial charge is 0.496 e. The number of hydrogen-bond donors (Lipinski definition) is 0. The molecule has 76 valence electrons. The molecule has 0 aliphatic rings. The van der Waals surface area contributed by atoms with Crippen LogP contribution in [0.4, 0.5) is 0 Å². The normalized spacial score (nSPS) is 11.9. The molecular weight excluding hydrogens is 224 g/mol. The maximum absolute atomic E-state index is 10.6. The lowest BCUT2D eigenvalue weighted by Crippen LogP contribution is -1.86. The molecule has 0 spiro atoms. The molecule has 0 amide bonds. The summed E-state index contributed by atoms with van der Waals surface area (Å²) in [4.78, 5) is 0. The second-order valence-corrected chi connectivity index (χ2v) is 5.03. The molecule has 5 heteroatoms. The molecule has 1 rings (SSSR count). The lowest BCUT2D eigenvalue weighted by Gasteiger charge is -2.02. The SMILES string of the molecule is COc1ccccc1C=CS(=O)(=O)Cl. The van der Waals surface area contributed by atoms with E-state index in [1.165, 1.54) is 13.2 Å². The highest BCUT2D eigenvalue weighted by molar-refractivity contribution is 8.16. The van der Waals surface area contributed by atoms with Gasteiger partial charge in [-0.1, -0.05) is 18.2 Å². The standard InChI is InChI=1S/C9H9ClO3S/c1-13-9-5-3-2-4-8(9)6-7-14(10,11)12/h2-7H,1H3. The molecule has 0 bridgehead atoms. The molecule has 0 N–H and O–H groups in total. The minimum Gasteiger partial charge on any atom is -0.496 e. The summed E-state index contributed by atoms with van der Waals surface area (Å²) in [7, 11) is 2.93. The van der Waals surface area contributed by atoms with Gasteiger partial charge in [-0.2, -0.15) is 0 Å². The average molecular weight is 233 g/mol. The highest BCUT2D eigenvalue weighted by Crippen LogP contribution is 2.19. The zero-order valence-electron chi connectivity index (χ0n) is 7.48. The quantitative estimate of drug-likeness (QED) is 0.751. The summed E-state index contributed by atoms with van der Waals surface area (Å²) in [6.07, 6.45) is 1.39. The molecule has 0 aromatic heterocycles. The third-order valence-electron chi connectivity index (χ3n) is 1.55. The van der Waals surface area contributed by atoms with Gasteiger partial charge in [0.05, 0.1) is 7.11 Å². The average Bonchev–Trinajstić information content (AvgIpc) is 2.14. The Balaban J connectivity index is 3.03. The van der Waals surface area contributed by atoms with E-state index < -0.39 is 9.05 Å². The number of rotatable bonds is 3. The summed E-state index contributed by atoms with van der Waals surface area (Å²) in [5.74, 6) is 0.601. The van der Waals surface area contributed by atoms with Gasteiger partial charge < -0.3 is 4.74 Å². The van der Waals surface area contributed by atoms with Crippen LogP contribution in [0.2, 0.25) is 0 Å². The van der Waals surface area contributed by atoms with Crippen molar-refractivity contribution in [2.75, 3.05) is 7.11 Å². The molecule has 14 heavy (non-hydrogen) atoms. The van der Waals surface area contributed by atoms with Crippen molar-refractivity contribution in [2.24, 2.45) is 0 Å². The molecule has 3 nitrogen and oxygen atoms in total. The molecule has 0 heterocycles.